The summed E-state index contributed by atoms with van der Waals surface area (Å²) in [4.78, 5) is 23.3. The lowest BCUT2D eigenvalue weighted by atomic mass is 10.2. The minimum Gasteiger partial charge on any atom is -0.457 e. The van der Waals surface area contributed by atoms with Crippen molar-refractivity contribution in [2.45, 2.75) is 19.5 Å². The molecule has 6 nitrogen and oxygen atoms in total. The molecule has 2 aromatic heterocycles. The molecule has 2 heterocycles. The molecule has 9 heteroatoms. The van der Waals surface area contributed by atoms with Crippen LogP contribution in [0.2, 0.25) is 0 Å². The number of ketones is 1. The van der Waals surface area contributed by atoms with E-state index in [1.807, 2.05) is 0 Å². The van der Waals surface area contributed by atoms with Crippen LogP contribution in [0.15, 0.2) is 60.8 Å². The first-order valence-corrected chi connectivity index (χ1v) is 9.43. The Kier molecular flexibility index (Phi) is 5.33. The molecule has 0 amide bonds. The Hall–Kier alpha value is -3.88. The molecule has 2 aromatic carbocycles. The van der Waals surface area contributed by atoms with Crippen LogP contribution in [0, 0.1) is 0 Å². The van der Waals surface area contributed by atoms with Gasteiger partial charge in [-0.3, -0.25) is 9.78 Å². The Morgan fingerprint density at radius 2 is 1.81 bits per heavy atom. The van der Waals surface area contributed by atoms with E-state index in [0.717, 1.165) is 12.1 Å². The van der Waals surface area contributed by atoms with E-state index in [1.165, 1.54) is 18.3 Å². The van der Waals surface area contributed by atoms with Gasteiger partial charge in [0.05, 0.1) is 16.6 Å². The first kappa shape index (κ1) is 20.4. The predicted octanol–water partition coefficient (Wildman–Crippen LogP) is 6.11. The van der Waals surface area contributed by atoms with Crippen molar-refractivity contribution >= 4 is 28.5 Å². The molecular weight excluding hydrogens is 409 g/mol. The number of anilines is 2. The van der Waals surface area contributed by atoms with Gasteiger partial charge in [0.15, 0.2) is 5.78 Å². The molecule has 0 atom stereocenters. The summed E-state index contributed by atoms with van der Waals surface area (Å²) in [6.45, 7) is 1.76. The van der Waals surface area contributed by atoms with Crippen LogP contribution in [0.1, 0.15) is 29.4 Å². The Labute approximate surface area is 175 Å². The van der Waals surface area contributed by atoms with Gasteiger partial charge in [-0.05, 0) is 42.5 Å². The third kappa shape index (κ3) is 4.66. The standard InChI is InChI=1S/C22H17F3N4O2/c1-2-20(30)19-12-16(9-10-26-19)31-15-7-8-17-18(11-15)29-21(28-17)27-14-5-3-13(4-6-14)22(23,24)25/h3-12H,2H2,1H3,(H2,27,28,29). The number of H-pyrrole nitrogens is 1. The molecule has 0 aliphatic heterocycles. The number of carbonyl (C=O) groups is 1. The number of ether oxygens (including phenoxy) is 1. The van der Waals surface area contributed by atoms with Crippen LogP contribution in [0.5, 0.6) is 11.5 Å². The van der Waals surface area contributed by atoms with Gasteiger partial charge in [0.2, 0.25) is 5.95 Å². The van der Waals surface area contributed by atoms with Gasteiger partial charge in [0.1, 0.15) is 17.2 Å². The maximum Gasteiger partial charge on any atom is 0.416 e. The number of rotatable bonds is 6. The number of carbonyl (C=O) groups excluding carboxylic acids is 1. The van der Waals surface area contributed by atoms with E-state index >= 15 is 0 Å². The van der Waals surface area contributed by atoms with Gasteiger partial charge in [-0.15, -0.1) is 0 Å². The van der Waals surface area contributed by atoms with Crippen molar-refractivity contribution in [1.82, 2.24) is 15.0 Å². The number of imidazole rings is 1. The van der Waals surface area contributed by atoms with Crippen molar-refractivity contribution in [1.29, 1.82) is 0 Å². The number of nitrogens with zero attached hydrogens (tertiary/aromatic N) is 2. The minimum absolute atomic E-state index is 0.0755. The summed E-state index contributed by atoms with van der Waals surface area (Å²) in [6.07, 6.45) is -2.52. The third-order valence-corrected chi connectivity index (χ3v) is 4.50. The number of pyridine rings is 1. The van der Waals surface area contributed by atoms with Gasteiger partial charge in [-0.25, -0.2) is 4.98 Å². The van der Waals surface area contributed by atoms with Crippen LogP contribution in [-0.2, 0) is 6.18 Å². The van der Waals surface area contributed by atoms with Crippen molar-refractivity contribution in [3.8, 4) is 11.5 Å². The van der Waals surface area contributed by atoms with Crippen LogP contribution in [0.3, 0.4) is 0 Å². The zero-order valence-corrected chi connectivity index (χ0v) is 16.3. The normalized spacial score (nSPS) is 11.5. The van der Waals surface area contributed by atoms with E-state index in [4.69, 9.17) is 4.74 Å². The second-order valence-electron chi connectivity index (χ2n) is 6.72. The maximum absolute atomic E-state index is 12.7. The fourth-order valence-electron chi connectivity index (χ4n) is 2.94. The van der Waals surface area contributed by atoms with E-state index in [0.29, 0.717) is 46.3 Å². The second-order valence-corrected chi connectivity index (χ2v) is 6.72. The van der Waals surface area contributed by atoms with Gasteiger partial charge >= 0.3 is 6.18 Å². The monoisotopic (exact) mass is 426 g/mol. The largest absolute Gasteiger partial charge is 0.457 e. The van der Waals surface area contributed by atoms with Gasteiger partial charge in [0.25, 0.3) is 0 Å². The Morgan fingerprint density at radius 3 is 2.52 bits per heavy atom. The Morgan fingerprint density at radius 1 is 1.06 bits per heavy atom. The van der Waals surface area contributed by atoms with Gasteiger partial charge in [-0.2, -0.15) is 13.2 Å². The number of hydrogen-bond donors (Lipinski definition) is 2. The van der Waals surface area contributed by atoms with Crippen molar-refractivity contribution in [2.75, 3.05) is 5.32 Å². The van der Waals surface area contributed by atoms with Crippen molar-refractivity contribution < 1.29 is 22.7 Å². The number of halogens is 3. The highest BCUT2D eigenvalue weighted by atomic mass is 19.4. The van der Waals surface area contributed by atoms with Crippen molar-refractivity contribution in [3.63, 3.8) is 0 Å². The second kappa shape index (κ2) is 8.10. The number of aromatic amines is 1. The van der Waals surface area contributed by atoms with Gasteiger partial charge in [-0.1, -0.05) is 6.92 Å². The predicted molar refractivity (Wildman–Crippen MR) is 110 cm³/mol. The lowest BCUT2D eigenvalue weighted by Gasteiger charge is -2.07. The van der Waals surface area contributed by atoms with E-state index in [-0.39, 0.29) is 5.78 Å². The number of Topliss-reactive ketones (excluding diaryl/α,β-unsaturated/α-hetero) is 1. The summed E-state index contributed by atoms with van der Waals surface area (Å²) >= 11 is 0. The molecule has 0 saturated carbocycles. The number of nitrogens with one attached hydrogen (secondary N) is 2. The summed E-state index contributed by atoms with van der Waals surface area (Å²) in [7, 11) is 0. The van der Waals surface area contributed by atoms with Crippen molar-refractivity contribution in [3.05, 3.63) is 72.1 Å². The van der Waals surface area contributed by atoms with E-state index < -0.39 is 11.7 Å². The Bertz CT molecular complexity index is 1230. The lowest BCUT2D eigenvalue weighted by molar-refractivity contribution is -0.137. The molecule has 0 bridgehead atoms. The van der Waals surface area contributed by atoms with E-state index in [9.17, 15) is 18.0 Å². The topological polar surface area (TPSA) is 79.9 Å². The summed E-state index contributed by atoms with van der Waals surface area (Å²) in [5.41, 5.74) is 1.41. The van der Waals surface area contributed by atoms with E-state index in [2.05, 4.69) is 20.3 Å². The molecule has 158 valence electrons. The first-order valence-electron chi connectivity index (χ1n) is 9.43. The lowest BCUT2D eigenvalue weighted by Crippen LogP contribution is -2.04. The SMILES string of the molecule is CCC(=O)c1cc(Oc2ccc3nc(Nc4ccc(C(F)(F)F)cc4)[nH]c3c2)ccn1. The molecule has 2 N–H and O–H groups in total. The summed E-state index contributed by atoms with van der Waals surface area (Å²) < 4.78 is 43.9. The first-order chi connectivity index (χ1) is 14.8. The highest BCUT2D eigenvalue weighted by Crippen LogP contribution is 2.31. The van der Waals surface area contributed by atoms with Crippen molar-refractivity contribution in [2.24, 2.45) is 0 Å². The smallest absolute Gasteiger partial charge is 0.416 e. The molecule has 31 heavy (non-hydrogen) atoms. The average Bonchev–Trinajstić information content (AvgIpc) is 3.14. The van der Waals surface area contributed by atoms with Crippen LogP contribution in [0.4, 0.5) is 24.8 Å². The third-order valence-electron chi connectivity index (χ3n) is 4.50. The van der Waals surface area contributed by atoms with Crippen LogP contribution in [-0.4, -0.2) is 20.7 Å². The number of benzene rings is 2. The molecule has 0 aliphatic rings. The molecule has 4 aromatic rings. The fraction of sp³-hybridized carbons (Fsp3) is 0.136. The highest BCUT2D eigenvalue weighted by molar-refractivity contribution is 5.94. The maximum atomic E-state index is 12.7. The number of aromatic nitrogens is 3. The number of fused-ring (bicyclic) bond motifs is 1. The highest BCUT2D eigenvalue weighted by Gasteiger charge is 2.29. The minimum atomic E-state index is -4.38. The van der Waals surface area contributed by atoms with Gasteiger partial charge in [0, 0.05) is 30.4 Å². The number of alkyl halides is 3. The Balaban J connectivity index is 1.51. The molecule has 0 saturated heterocycles. The molecule has 0 radical (unpaired) electrons. The summed E-state index contributed by atoms with van der Waals surface area (Å²) in [5.74, 6) is 1.31. The number of hydrogen-bond acceptors (Lipinski definition) is 5. The van der Waals surface area contributed by atoms with Crippen LogP contribution in [0.25, 0.3) is 11.0 Å². The molecule has 0 aliphatic carbocycles. The zero-order chi connectivity index (χ0) is 22.0. The molecule has 4 rings (SSSR count). The average molecular weight is 426 g/mol. The van der Waals surface area contributed by atoms with Gasteiger partial charge < -0.3 is 15.0 Å². The quantitative estimate of drug-likeness (QED) is 0.364. The molecule has 0 fully saturated rings. The van der Waals surface area contributed by atoms with Crippen LogP contribution < -0.4 is 10.1 Å². The van der Waals surface area contributed by atoms with E-state index in [1.54, 1.807) is 37.3 Å². The summed E-state index contributed by atoms with van der Waals surface area (Å²) in [5, 5.41) is 2.95. The fourth-order valence-corrected chi connectivity index (χ4v) is 2.94. The van der Waals surface area contributed by atoms with Crippen LogP contribution >= 0.6 is 0 Å². The molecule has 0 spiro atoms. The molecule has 0 unspecified atom stereocenters. The molecular formula is C22H17F3N4O2. The zero-order valence-electron chi connectivity index (χ0n) is 16.3. The summed E-state index contributed by atoms with van der Waals surface area (Å²) in [6, 6.07) is 13.1.